The Morgan fingerprint density at radius 1 is 1.08 bits per heavy atom. The SMILES string of the molecule is CCC(NC(=O)CCS(=O)(=O)c1ccc(C)cc1)c1ccc(Br)cc1. The predicted molar refractivity (Wildman–Crippen MR) is 103 cm³/mol. The Balaban J connectivity index is 1.97. The molecular weight excluding hydrogens is 402 g/mol. The van der Waals surface area contributed by atoms with Crippen molar-refractivity contribution < 1.29 is 13.2 Å². The first-order valence-electron chi connectivity index (χ1n) is 8.16. The minimum absolute atomic E-state index is 0.0523. The average molecular weight is 424 g/mol. The van der Waals surface area contributed by atoms with Crippen LogP contribution in [-0.4, -0.2) is 20.1 Å². The maximum Gasteiger partial charge on any atom is 0.221 e. The first-order chi connectivity index (χ1) is 11.8. The molecule has 0 aromatic heterocycles. The highest BCUT2D eigenvalue weighted by Gasteiger charge is 2.18. The highest BCUT2D eigenvalue weighted by molar-refractivity contribution is 9.10. The van der Waals surface area contributed by atoms with E-state index >= 15 is 0 Å². The summed E-state index contributed by atoms with van der Waals surface area (Å²) in [5.74, 6) is -0.455. The molecule has 0 saturated heterocycles. The molecule has 2 rings (SSSR count). The number of benzene rings is 2. The van der Waals surface area contributed by atoms with Crippen LogP contribution in [0.25, 0.3) is 0 Å². The third-order valence-electron chi connectivity index (χ3n) is 3.99. The van der Waals surface area contributed by atoms with Gasteiger partial charge in [-0.2, -0.15) is 0 Å². The van der Waals surface area contributed by atoms with Gasteiger partial charge in [-0.15, -0.1) is 0 Å². The van der Waals surface area contributed by atoms with E-state index in [0.717, 1.165) is 22.0 Å². The zero-order valence-electron chi connectivity index (χ0n) is 14.3. The Morgan fingerprint density at radius 3 is 2.24 bits per heavy atom. The van der Waals surface area contributed by atoms with Crippen molar-refractivity contribution in [3.63, 3.8) is 0 Å². The van der Waals surface area contributed by atoms with Crippen LogP contribution in [0.3, 0.4) is 0 Å². The van der Waals surface area contributed by atoms with Crippen molar-refractivity contribution in [2.45, 2.75) is 37.6 Å². The van der Waals surface area contributed by atoms with Crippen LogP contribution in [0.1, 0.15) is 36.9 Å². The highest BCUT2D eigenvalue weighted by Crippen LogP contribution is 2.20. The van der Waals surface area contributed by atoms with E-state index in [2.05, 4.69) is 21.2 Å². The van der Waals surface area contributed by atoms with Crippen LogP contribution >= 0.6 is 15.9 Å². The van der Waals surface area contributed by atoms with Crippen molar-refractivity contribution >= 4 is 31.7 Å². The second-order valence-corrected chi connectivity index (χ2v) is 8.99. The Kier molecular flexibility index (Phi) is 6.79. The molecule has 4 nitrogen and oxygen atoms in total. The number of halogens is 1. The van der Waals surface area contributed by atoms with Gasteiger partial charge < -0.3 is 5.32 Å². The molecule has 0 fully saturated rings. The van der Waals surface area contributed by atoms with Crippen molar-refractivity contribution in [2.75, 3.05) is 5.75 Å². The van der Waals surface area contributed by atoms with E-state index in [9.17, 15) is 13.2 Å². The van der Waals surface area contributed by atoms with Gasteiger partial charge in [0.1, 0.15) is 0 Å². The van der Waals surface area contributed by atoms with Gasteiger partial charge in [-0.05, 0) is 43.2 Å². The summed E-state index contributed by atoms with van der Waals surface area (Å²) in [6, 6.07) is 14.3. The summed E-state index contributed by atoms with van der Waals surface area (Å²) in [6.45, 7) is 3.88. The van der Waals surface area contributed by atoms with Gasteiger partial charge in [0.2, 0.25) is 5.91 Å². The predicted octanol–water partition coefficient (Wildman–Crippen LogP) is 4.19. The summed E-state index contributed by atoms with van der Waals surface area (Å²) in [7, 11) is -3.45. The van der Waals surface area contributed by atoms with Gasteiger partial charge in [0, 0.05) is 10.9 Å². The van der Waals surface area contributed by atoms with Crippen LogP contribution in [0, 0.1) is 6.92 Å². The molecule has 2 aromatic rings. The summed E-state index contributed by atoms with van der Waals surface area (Å²) >= 11 is 3.39. The number of hydrogen-bond donors (Lipinski definition) is 1. The van der Waals surface area contributed by atoms with Gasteiger partial charge in [-0.25, -0.2) is 8.42 Å². The Morgan fingerprint density at radius 2 is 1.68 bits per heavy atom. The number of carbonyl (C=O) groups is 1. The van der Waals surface area contributed by atoms with Crippen molar-refractivity contribution in [1.29, 1.82) is 0 Å². The second-order valence-electron chi connectivity index (χ2n) is 5.96. The lowest BCUT2D eigenvalue weighted by molar-refractivity contribution is -0.121. The first-order valence-corrected chi connectivity index (χ1v) is 10.6. The Bertz CT molecular complexity index is 815. The van der Waals surface area contributed by atoms with E-state index in [0.29, 0.717) is 0 Å². The van der Waals surface area contributed by atoms with E-state index in [-0.39, 0.29) is 29.0 Å². The van der Waals surface area contributed by atoms with E-state index in [4.69, 9.17) is 0 Å². The smallest absolute Gasteiger partial charge is 0.221 e. The average Bonchev–Trinajstić information content (AvgIpc) is 2.59. The topological polar surface area (TPSA) is 63.2 Å². The minimum atomic E-state index is -3.45. The molecule has 2 aromatic carbocycles. The fourth-order valence-electron chi connectivity index (χ4n) is 2.47. The molecule has 0 aliphatic heterocycles. The van der Waals surface area contributed by atoms with Crippen LogP contribution in [0.5, 0.6) is 0 Å². The molecule has 0 spiro atoms. The third-order valence-corrected chi connectivity index (χ3v) is 6.25. The maximum atomic E-state index is 12.3. The standard InChI is InChI=1S/C19H22BrNO3S/c1-3-18(15-6-8-16(20)9-7-15)21-19(22)12-13-25(23,24)17-10-4-14(2)5-11-17/h4-11,18H,3,12-13H2,1-2H3,(H,21,22). The van der Waals surface area contributed by atoms with E-state index in [1.807, 2.05) is 38.1 Å². The molecule has 0 aliphatic rings. The third kappa shape index (κ3) is 5.68. The van der Waals surface area contributed by atoms with Crippen molar-refractivity contribution in [3.8, 4) is 0 Å². The van der Waals surface area contributed by atoms with Gasteiger partial charge in [-0.1, -0.05) is 52.7 Å². The normalized spacial score (nSPS) is 12.6. The van der Waals surface area contributed by atoms with Crippen molar-refractivity contribution in [1.82, 2.24) is 5.32 Å². The lowest BCUT2D eigenvalue weighted by Gasteiger charge is -2.17. The van der Waals surface area contributed by atoms with Gasteiger partial charge in [-0.3, -0.25) is 4.79 Å². The lowest BCUT2D eigenvalue weighted by atomic mass is 10.0. The van der Waals surface area contributed by atoms with Crippen LogP contribution in [0.15, 0.2) is 57.9 Å². The molecule has 1 N–H and O–H groups in total. The molecule has 0 heterocycles. The zero-order valence-corrected chi connectivity index (χ0v) is 16.7. The monoisotopic (exact) mass is 423 g/mol. The summed E-state index contributed by atoms with van der Waals surface area (Å²) in [5, 5.41) is 2.92. The number of aryl methyl sites for hydroxylation is 1. The zero-order chi connectivity index (χ0) is 18.4. The number of rotatable bonds is 7. The number of hydrogen-bond acceptors (Lipinski definition) is 3. The fraction of sp³-hybridized carbons (Fsp3) is 0.316. The molecule has 0 radical (unpaired) electrons. The molecule has 1 amide bonds. The molecule has 1 atom stereocenters. The van der Waals surface area contributed by atoms with Crippen LogP contribution in [0.4, 0.5) is 0 Å². The maximum absolute atomic E-state index is 12.3. The van der Waals surface area contributed by atoms with Crippen LogP contribution in [0.2, 0.25) is 0 Å². The number of amides is 1. The van der Waals surface area contributed by atoms with Crippen molar-refractivity contribution in [2.24, 2.45) is 0 Å². The summed E-state index contributed by atoms with van der Waals surface area (Å²) in [5.41, 5.74) is 2.00. The number of nitrogens with one attached hydrogen (secondary N) is 1. The second kappa shape index (κ2) is 8.63. The van der Waals surface area contributed by atoms with Gasteiger partial charge in [0.25, 0.3) is 0 Å². The number of sulfone groups is 1. The molecule has 25 heavy (non-hydrogen) atoms. The summed E-state index contributed by atoms with van der Waals surface area (Å²) in [4.78, 5) is 12.5. The van der Waals surface area contributed by atoms with E-state index in [1.54, 1.807) is 24.3 Å². The van der Waals surface area contributed by atoms with Crippen LogP contribution in [-0.2, 0) is 14.6 Å². The van der Waals surface area contributed by atoms with Gasteiger partial charge in [0.15, 0.2) is 9.84 Å². The molecule has 0 saturated carbocycles. The first kappa shape index (κ1) is 19.7. The van der Waals surface area contributed by atoms with Crippen LogP contribution < -0.4 is 5.32 Å². The van der Waals surface area contributed by atoms with Gasteiger partial charge >= 0.3 is 0 Å². The Labute approximate surface area is 157 Å². The molecule has 134 valence electrons. The fourth-order valence-corrected chi connectivity index (χ4v) is 3.98. The van der Waals surface area contributed by atoms with Crippen molar-refractivity contribution in [3.05, 3.63) is 64.1 Å². The van der Waals surface area contributed by atoms with Gasteiger partial charge in [0.05, 0.1) is 16.7 Å². The summed E-state index contributed by atoms with van der Waals surface area (Å²) in [6.07, 6.45) is 0.682. The molecule has 1 unspecified atom stereocenters. The highest BCUT2D eigenvalue weighted by atomic mass is 79.9. The molecule has 6 heteroatoms. The Hall–Kier alpha value is -1.66. The largest absolute Gasteiger partial charge is 0.349 e. The minimum Gasteiger partial charge on any atom is -0.349 e. The quantitative estimate of drug-likeness (QED) is 0.725. The molecule has 0 bridgehead atoms. The van der Waals surface area contributed by atoms with E-state index in [1.165, 1.54) is 0 Å². The molecule has 0 aliphatic carbocycles. The molecular formula is C19H22BrNO3S. The lowest BCUT2D eigenvalue weighted by Crippen LogP contribution is -2.29. The number of carbonyl (C=O) groups excluding carboxylic acids is 1. The summed E-state index contributed by atoms with van der Waals surface area (Å²) < 4.78 is 25.6. The van der Waals surface area contributed by atoms with E-state index < -0.39 is 9.84 Å².